The maximum atomic E-state index is 14.1. The number of fused-ring (bicyclic) bond motifs is 4. The van der Waals surface area contributed by atoms with Gasteiger partial charge in [-0.25, -0.2) is 28.5 Å². The third-order valence-corrected chi connectivity index (χ3v) is 9.86. The molecular weight excluding hydrogens is 658 g/mol. The lowest BCUT2D eigenvalue weighted by Gasteiger charge is -2.38. The van der Waals surface area contributed by atoms with Crippen molar-refractivity contribution >= 4 is 28.7 Å². The number of aryl methyl sites for hydroxylation is 2. The molecule has 1 N–H and O–H groups in total. The molecule has 14 nitrogen and oxygen atoms in total. The minimum Gasteiger partial charge on any atom is -0.504 e. The average Bonchev–Trinajstić information content (AvgIpc) is 3.38. The number of phenolic OH excluding ortho intramolecular Hbond substituents is 1. The number of hydrogen-bond acceptors (Lipinski definition) is 10. The lowest BCUT2D eigenvalue weighted by atomic mass is 9.70. The Balaban J connectivity index is 1.26. The number of carbonyl (C=O) groups excluding carboxylic acids is 2. The van der Waals surface area contributed by atoms with Crippen molar-refractivity contribution in [3.05, 3.63) is 113 Å². The summed E-state index contributed by atoms with van der Waals surface area (Å²) >= 11 is 0. The first-order chi connectivity index (χ1) is 24.5. The number of aromatic nitrogens is 5. The molecule has 0 spiro atoms. The molecule has 2 aromatic heterocycles. The predicted molar refractivity (Wildman–Crippen MR) is 186 cm³/mol. The van der Waals surface area contributed by atoms with Crippen LogP contribution in [0.3, 0.4) is 0 Å². The van der Waals surface area contributed by atoms with E-state index < -0.39 is 23.3 Å². The maximum absolute atomic E-state index is 14.1. The van der Waals surface area contributed by atoms with Crippen molar-refractivity contribution in [2.75, 3.05) is 21.3 Å². The van der Waals surface area contributed by atoms with Gasteiger partial charge in [0.2, 0.25) is 0 Å². The number of phenols is 1. The molecular formula is C37H35N5O9. The highest BCUT2D eigenvalue weighted by molar-refractivity contribution is 6.23. The zero-order valence-corrected chi connectivity index (χ0v) is 28.6. The Hall–Kier alpha value is -6.18. The van der Waals surface area contributed by atoms with Crippen molar-refractivity contribution in [2.24, 2.45) is 13.0 Å². The summed E-state index contributed by atoms with van der Waals surface area (Å²) in [6.07, 6.45) is 6.77. The molecule has 0 unspecified atom stereocenters. The number of methoxy groups -OCH3 is 3. The molecule has 0 amide bonds. The molecule has 2 atom stereocenters. The van der Waals surface area contributed by atoms with Gasteiger partial charge in [-0.2, -0.15) is 0 Å². The van der Waals surface area contributed by atoms with Crippen LogP contribution < -0.4 is 31.1 Å². The Labute approximate surface area is 290 Å². The number of allylic oxidation sites excluding steroid dienone is 7. The number of Topliss-reactive ketones (excluding diaryl/α,β-unsaturated/α-hetero) is 1. The summed E-state index contributed by atoms with van der Waals surface area (Å²) in [5.74, 6) is -0.118. The van der Waals surface area contributed by atoms with Gasteiger partial charge in [0.05, 0.1) is 44.9 Å². The Morgan fingerprint density at radius 1 is 0.961 bits per heavy atom. The molecule has 0 saturated heterocycles. The molecule has 0 bridgehead atoms. The van der Waals surface area contributed by atoms with Crippen LogP contribution in [0.25, 0.3) is 17.1 Å². The molecule has 3 aliphatic rings. The fraction of sp³-hybridized carbons (Fsp3) is 0.297. The molecule has 2 aliphatic carbocycles. The van der Waals surface area contributed by atoms with E-state index in [0.717, 1.165) is 4.57 Å². The molecule has 262 valence electrons. The fourth-order valence-electron chi connectivity index (χ4n) is 7.26. The van der Waals surface area contributed by atoms with E-state index in [1.807, 2.05) is 6.08 Å². The molecule has 4 aromatic rings. The van der Waals surface area contributed by atoms with E-state index in [0.29, 0.717) is 50.4 Å². The number of rotatable bonds is 8. The monoisotopic (exact) mass is 693 g/mol. The summed E-state index contributed by atoms with van der Waals surface area (Å²) in [6, 6.07) is 7.41. The van der Waals surface area contributed by atoms with Gasteiger partial charge in [-0.05, 0) is 36.3 Å². The van der Waals surface area contributed by atoms with Crippen LogP contribution in [0, 0.1) is 5.92 Å². The van der Waals surface area contributed by atoms with Gasteiger partial charge < -0.3 is 23.9 Å². The third kappa shape index (κ3) is 5.34. The summed E-state index contributed by atoms with van der Waals surface area (Å²) in [7, 11) is 6.04. The van der Waals surface area contributed by atoms with Gasteiger partial charge in [-0.1, -0.05) is 24.3 Å². The van der Waals surface area contributed by atoms with Gasteiger partial charge in [0.25, 0.3) is 5.56 Å². The van der Waals surface area contributed by atoms with Crippen LogP contribution in [0.4, 0.5) is 0 Å². The third-order valence-electron chi connectivity index (χ3n) is 9.86. The van der Waals surface area contributed by atoms with Crippen LogP contribution in [0.5, 0.6) is 23.0 Å². The fourth-order valence-corrected chi connectivity index (χ4v) is 7.26. The average molecular weight is 694 g/mol. The summed E-state index contributed by atoms with van der Waals surface area (Å²) in [5.41, 5.74) is 1.94. The molecule has 7 rings (SSSR count). The maximum Gasteiger partial charge on any atom is 0.347 e. The largest absolute Gasteiger partial charge is 0.504 e. The van der Waals surface area contributed by atoms with Gasteiger partial charge in [-0.3, -0.25) is 14.4 Å². The second-order valence-corrected chi connectivity index (χ2v) is 12.6. The Kier molecular flexibility index (Phi) is 8.24. The van der Waals surface area contributed by atoms with Crippen LogP contribution in [-0.4, -0.2) is 61.5 Å². The Morgan fingerprint density at radius 3 is 2.41 bits per heavy atom. The minimum absolute atomic E-state index is 0.00516. The van der Waals surface area contributed by atoms with Crippen LogP contribution >= 0.6 is 0 Å². The van der Waals surface area contributed by atoms with Gasteiger partial charge in [-0.15, -0.1) is 0 Å². The van der Waals surface area contributed by atoms with E-state index in [2.05, 4.69) is 4.98 Å². The van der Waals surface area contributed by atoms with E-state index in [1.165, 1.54) is 47.4 Å². The zero-order valence-electron chi connectivity index (χ0n) is 28.6. The number of benzene rings is 2. The summed E-state index contributed by atoms with van der Waals surface area (Å²) in [4.78, 5) is 72.7. The molecule has 14 heteroatoms. The second kappa shape index (κ2) is 12.6. The Bertz CT molecular complexity index is 2490. The number of ketones is 2. The molecule has 0 fully saturated rings. The molecule has 51 heavy (non-hydrogen) atoms. The van der Waals surface area contributed by atoms with E-state index in [1.54, 1.807) is 50.4 Å². The molecule has 0 saturated carbocycles. The van der Waals surface area contributed by atoms with Gasteiger partial charge in [0.15, 0.2) is 34.6 Å². The smallest absolute Gasteiger partial charge is 0.347 e. The molecule has 1 aliphatic heterocycles. The van der Waals surface area contributed by atoms with Crippen LogP contribution in [0.1, 0.15) is 30.6 Å². The predicted octanol–water partition coefficient (Wildman–Crippen LogP) is 2.64. The highest BCUT2D eigenvalue weighted by atomic mass is 16.5. The standard InChI is InChI=1S/C37H35N5O9/c1-19-14-29(44)33-22(8-6-20-7-9-28(43)30(15-20)49-3)21-10-13-41-36(47)40(37(48)42(41)26(21)16-23(33)34(19)45)12-11-24-35(46)39(2)27-18-32(51-5)31(50-4)17-25(27)38-24/h6-10,14-15,17-18,22,26,43H,11-13,16H2,1-5H3/t22-,26+/m0/s1. The van der Waals surface area contributed by atoms with Crippen molar-refractivity contribution in [1.29, 1.82) is 0 Å². The van der Waals surface area contributed by atoms with Crippen molar-refractivity contribution in [3.8, 4) is 23.0 Å². The van der Waals surface area contributed by atoms with Crippen LogP contribution in [0.15, 0.2) is 85.2 Å². The van der Waals surface area contributed by atoms with Crippen LogP contribution in [-0.2, 0) is 36.1 Å². The molecule has 0 radical (unpaired) electrons. The number of nitrogens with zero attached hydrogens (tertiary/aromatic N) is 5. The highest BCUT2D eigenvalue weighted by Gasteiger charge is 2.43. The Morgan fingerprint density at radius 2 is 1.69 bits per heavy atom. The van der Waals surface area contributed by atoms with Crippen molar-refractivity contribution < 1.29 is 28.9 Å². The number of hydrogen-bond donors (Lipinski definition) is 1. The number of carbonyl (C=O) groups is 2. The minimum atomic E-state index is -0.722. The molecule has 2 aromatic carbocycles. The summed E-state index contributed by atoms with van der Waals surface area (Å²) < 4.78 is 21.2. The molecule has 3 heterocycles. The van der Waals surface area contributed by atoms with Gasteiger partial charge >= 0.3 is 11.4 Å². The normalized spacial score (nSPS) is 18.4. The zero-order chi connectivity index (χ0) is 36.3. The number of ether oxygens (including phenoxy) is 3. The van der Waals surface area contributed by atoms with E-state index in [-0.39, 0.29) is 60.2 Å². The lowest BCUT2D eigenvalue weighted by Crippen LogP contribution is -2.41. The summed E-state index contributed by atoms with van der Waals surface area (Å²) in [6.45, 7) is 1.52. The first-order valence-electron chi connectivity index (χ1n) is 16.3. The lowest BCUT2D eigenvalue weighted by molar-refractivity contribution is -0.116. The first-order valence-corrected chi connectivity index (χ1v) is 16.3. The second-order valence-electron chi connectivity index (χ2n) is 12.6. The highest BCUT2D eigenvalue weighted by Crippen LogP contribution is 2.46. The van der Waals surface area contributed by atoms with E-state index in [9.17, 15) is 29.1 Å². The van der Waals surface area contributed by atoms with Crippen LogP contribution in [0.2, 0.25) is 0 Å². The number of aromatic hydroxyl groups is 1. The topological polar surface area (TPSA) is 166 Å². The van der Waals surface area contributed by atoms with Crippen molar-refractivity contribution in [1.82, 2.24) is 23.5 Å². The van der Waals surface area contributed by atoms with E-state index >= 15 is 0 Å². The first kappa shape index (κ1) is 33.3. The SMILES string of the molecule is COc1cc(C=C[C@H]2C3=CCn4c(=O)n(CCc5nc6cc(OC)c(OC)cc6n(C)c5=O)c(=O)n4[C@@H]3CC3=C2C(=O)C=C(C)C3=O)ccc1O. The van der Waals surface area contributed by atoms with Crippen molar-refractivity contribution in [3.63, 3.8) is 0 Å². The summed E-state index contributed by atoms with van der Waals surface area (Å²) in [5, 5.41) is 10.1. The van der Waals surface area contributed by atoms with Gasteiger partial charge in [0, 0.05) is 61.2 Å². The van der Waals surface area contributed by atoms with Crippen molar-refractivity contribution in [2.45, 2.75) is 38.9 Å². The quantitative estimate of drug-likeness (QED) is 0.214. The van der Waals surface area contributed by atoms with Gasteiger partial charge in [0.1, 0.15) is 5.69 Å². The van der Waals surface area contributed by atoms with E-state index in [4.69, 9.17) is 14.2 Å².